The molecule has 2 atom stereocenters. The van der Waals surface area contributed by atoms with Gasteiger partial charge < -0.3 is 14.6 Å². The smallest absolute Gasteiger partial charge is 0.227 e. The Bertz CT molecular complexity index is 1020. The van der Waals surface area contributed by atoms with Gasteiger partial charge in [-0.3, -0.25) is 9.69 Å². The van der Waals surface area contributed by atoms with Gasteiger partial charge >= 0.3 is 0 Å². The third kappa shape index (κ3) is 4.83. The highest BCUT2D eigenvalue weighted by atomic mass is 19.1. The SMILES string of the molecule is CCC(C)C(=O)Nc1ccc(N2CCN(C(c3ccccc3)c3ncco3)CC2)c(F)c1. The normalized spacial score (nSPS) is 16.5. The minimum atomic E-state index is -0.326. The van der Waals surface area contributed by atoms with Crippen molar-refractivity contribution in [3.05, 3.63) is 78.3 Å². The third-order valence-electron chi connectivity index (χ3n) is 6.10. The number of benzene rings is 2. The van der Waals surface area contributed by atoms with Gasteiger partial charge in [0.2, 0.25) is 11.8 Å². The fourth-order valence-electron chi connectivity index (χ4n) is 4.03. The number of anilines is 2. The van der Waals surface area contributed by atoms with E-state index in [9.17, 15) is 9.18 Å². The van der Waals surface area contributed by atoms with Crippen molar-refractivity contribution in [3.63, 3.8) is 0 Å². The van der Waals surface area contributed by atoms with Crippen LogP contribution >= 0.6 is 0 Å². The molecule has 0 aliphatic carbocycles. The first-order valence-corrected chi connectivity index (χ1v) is 11.1. The van der Waals surface area contributed by atoms with E-state index in [4.69, 9.17) is 4.42 Å². The van der Waals surface area contributed by atoms with Gasteiger partial charge in [0.15, 0.2) is 0 Å². The van der Waals surface area contributed by atoms with E-state index >= 15 is 0 Å². The van der Waals surface area contributed by atoms with Gasteiger partial charge in [0.05, 0.1) is 11.9 Å². The van der Waals surface area contributed by atoms with E-state index < -0.39 is 0 Å². The number of nitrogens with zero attached hydrogens (tertiary/aromatic N) is 3. The van der Waals surface area contributed by atoms with Gasteiger partial charge in [0.25, 0.3) is 0 Å². The number of aromatic nitrogens is 1. The molecule has 2 heterocycles. The van der Waals surface area contributed by atoms with Gasteiger partial charge in [0, 0.05) is 37.8 Å². The second-order valence-electron chi connectivity index (χ2n) is 8.17. The average molecular weight is 437 g/mol. The van der Waals surface area contributed by atoms with Crippen LogP contribution in [0.5, 0.6) is 0 Å². The number of rotatable bonds is 7. The van der Waals surface area contributed by atoms with Gasteiger partial charge in [-0.1, -0.05) is 44.2 Å². The van der Waals surface area contributed by atoms with E-state index in [1.807, 2.05) is 36.9 Å². The molecule has 0 spiro atoms. The number of oxazole rings is 1. The Morgan fingerprint density at radius 1 is 1.16 bits per heavy atom. The summed E-state index contributed by atoms with van der Waals surface area (Å²) in [6.45, 7) is 6.67. The molecule has 1 amide bonds. The summed E-state index contributed by atoms with van der Waals surface area (Å²) in [5, 5.41) is 2.80. The van der Waals surface area contributed by atoms with Crippen molar-refractivity contribution in [2.24, 2.45) is 5.92 Å². The van der Waals surface area contributed by atoms with Crippen LogP contribution in [0.15, 0.2) is 65.4 Å². The second kappa shape index (κ2) is 9.96. The number of nitrogens with one attached hydrogen (secondary N) is 1. The van der Waals surface area contributed by atoms with Crippen LogP contribution in [0.3, 0.4) is 0 Å². The van der Waals surface area contributed by atoms with Crippen LogP contribution in [-0.4, -0.2) is 42.0 Å². The first-order chi connectivity index (χ1) is 15.6. The number of piperazine rings is 1. The Hall–Kier alpha value is -3.19. The van der Waals surface area contributed by atoms with Crippen molar-refractivity contribution in [3.8, 4) is 0 Å². The van der Waals surface area contributed by atoms with Crippen LogP contribution < -0.4 is 10.2 Å². The molecule has 32 heavy (non-hydrogen) atoms. The number of amides is 1. The standard InChI is InChI=1S/C25H29FN4O2/c1-3-18(2)24(31)28-20-9-10-22(21(26)17-20)29-12-14-30(15-13-29)23(25-27-11-16-32-25)19-7-5-4-6-8-19/h4-11,16-18,23H,3,12-15H2,1-2H3,(H,28,31). The zero-order valence-electron chi connectivity index (χ0n) is 18.5. The van der Waals surface area contributed by atoms with Crippen molar-refractivity contribution in [2.45, 2.75) is 26.3 Å². The fraction of sp³-hybridized carbons (Fsp3) is 0.360. The summed E-state index contributed by atoms with van der Waals surface area (Å²) in [5.41, 5.74) is 2.16. The lowest BCUT2D eigenvalue weighted by atomic mass is 10.0. The van der Waals surface area contributed by atoms with Crippen LogP contribution in [0.4, 0.5) is 15.8 Å². The molecule has 1 aliphatic heterocycles. The molecule has 0 radical (unpaired) electrons. The van der Waals surface area contributed by atoms with Crippen LogP contribution in [-0.2, 0) is 4.79 Å². The number of hydrogen-bond donors (Lipinski definition) is 1. The van der Waals surface area contributed by atoms with Crippen molar-refractivity contribution in [2.75, 3.05) is 36.4 Å². The minimum Gasteiger partial charge on any atom is -0.447 e. The maximum absolute atomic E-state index is 14.9. The predicted molar refractivity (Wildman–Crippen MR) is 123 cm³/mol. The molecule has 0 bridgehead atoms. The summed E-state index contributed by atoms with van der Waals surface area (Å²) in [7, 11) is 0. The van der Waals surface area contributed by atoms with Crippen LogP contribution in [0.2, 0.25) is 0 Å². The summed E-state index contributed by atoms with van der Waals surface area (Å²) in [6.07, 6.45) is 4.01. The van der Waals surface area contributed by atoms with Crippen LogP contribution in [0, 0.1) is 11.7 Å². The van der Waals surface area contributed by atoms with Crippen molar-refractivity contribution >= 4 is 17.3 Å². The molecule has 1 saturated heterocycles. The van der Waals surface area contributed by atoms with Gasteiger partial charge in [-0.2, -0.15) is 0 Å². The summed E-state index contributed by atoms with van der Waals surface area (Å²) >= 11 is 0. The van der Waals surface area contributed by atoms with Crippen LogP contribution in [0.25, 0.3) is 0 Å². The van der Waals surface area contributed by atoms with Crippen molar-refractivity contribution in [1.82, 2.24) is 9.88 Å². The highest BCUT2D eigenvalue weighted by Gasteiger charge is 2.30. The molecule has 1 fully saturated rings. The molecule has 2 aromatic carbocycles. The molecule has 1 aromatic heterocycles. The monoisotopic (exact) mass is 436 g/mol. The summed E-state index contributed by atoms with van der Waals surface area (Å²) in [4.78, 5) is 20.8. The molecule has 4 rings (SSSR count). The average Bonchev–Trinajstić information content (AvgIpc) is 3.34. The Morgan fingerprint density at radius 3 is 2.53 bits per heavy atom. The second-order valence-corrected chi connectivity index (χ2v) is 8.17. The van der Waals surface area contributed by atoms with E-state index in [1.165, 1.54) is 6.07 Å². The van der Waals surface area contributed by atoms with Crippen molar-refractivity contribution in [1.29, 1.82) is 0 Å². The van der Waals surface area contributed by atoms with E-state index in [0.29, 0.717) is 30.4 Å². The zero-order chi connectivity index (χ0) is 22.5. The molecular formula is C25H29FN4O2. The molecule has 2 unspecified atom stereocenters. The Morgan fingerprint density at radius 2 is 1.91 bits per heavy atom. The molecule has 0 saturated carbocycles. The molecular weight excluding hydrogens is 407 g/mol. The lowest BCUT2D eigenvalue weighted by Gasteiger charge is -2.39. The lowest BCUT2D eigenvalue weighted by molar-refractivity contribution is -0.119. The first-order valence-electron chi connectivity index (χ1n) is 11.1. The number of halogens is 1. The van der Waals surface area contributed by atoms with Gasteiger partial charge in [-0.15, -0.1) is 0 Å². The summed E-state index contributed by atoms with van der Waals surface area (Å²) in [5.74, 6) is 0.142. The lowest BCUT2D eigenvalue weighted by Crippen LogP contribution is -2.48. The third-order valence-corrected chi connectivity index (χ3v) is 6.10. The predicted octanol–water partition coefficient (Wildman–Crippen LogP) is 4.71. The zero-order valence-corrected chi connectivity index (χ0v) is 18.5. The molecule has 6 nitrogen and oxygen atoms in total. The van der Waals surface area contributed by atoms with E-state index in [-0.39, 0.29) is 23.7 Å². The Kier molecular flexibility index (Phi) is 6.85. The number of carbonyl (C=O) groups is 1. The highest BCUT2D eigenvalue weighted by molar-refractivity contribution is 5.92. The molecule has 3 aromatic rings. The number of hydrogen-bond acceptors (Lipinski definition) is 5. The van der Waals surface area contributed by atoms with E-state index in [0.717, 1.165) is 25.1 Å². The largest absolute Gasteiger partial charge is 0.447 e. The minimum absolute atomic E-state index is 0.0728. The highest BCUT2D eigenvalue weighted by Crippen LogP contribution is 2.30. The van der Waals surface area contributed by atoms with Gasteiger partial charge in [-0.25, -0.2) is 9.37 Å². The van der Waals surface area contributed by atoms with Crippen LogP contribution in [0.1, 0.15) is 37.8 Å². The molecule has 1 aliphatic rings. The summed E-state index contributed by atoms with van der Waals surface area (Å²) < 4.78 is 20.5. The fourth-order valence-corrected chi connectivity index (χ4v) is 4.03. The number of carbonyl (C=O) groups excluding carboxylic acids is 1. The molecule has 1 N–H and O–H groups in total. The molecule has 7 heteroatoms. The maximum atomic E-state index is 14.9. The summed E-state index contributed by atoms with van der Waals surface area (Å²) in [6, 6.07) is 15.0. The maximum Gasteiger partial charge on any atom is 0.227 e. The van der Waals surface area contributed by atoms with Gasteiger partial charge in [-0.05, 0) is 30.2 Å². The van der Waals surface area contributed by atoms with Crippen molar-refractivity contribution < 1.29 is 13.6 Å². The topological polar surface area (TPSA) is 61.6 Å². The quantitative estimate of drug-likeness (QED) is 0.581. The molecule has 168 valence electrons. The Balaban J connectivity index is 1.44. The first kappa shape index (κ1) is 22.0. The van der Waals surface area contributed by atoms with E-state index in [1.54, 1.807) is 24.6 Å². The van der Waals surface area contributed by atoms with E-state index in [2.05, 4.69) is 27.3 Å². The Labute approximate surface area is 188 Å². The van der Waals surface area contributed by atoms with Gasteiger partial charge in [0.1, 0.15) is 18.1 Å².